The molecule has 8 nitrogen and oxygen atoms in total. The van der Waals surface area contributed by atoms with Crippen LogP contribution in [0.3, 0.4) is 0 Å². The smallest absolute Gasteiger partial charge is 0.475 e. The first-order chi connectivity index (χ1) is 14.5. The molecule has 0 bridgehead atoms. The Bertz CT molecular complexity index is 906. The van der Waals surface area contributed by atoms with Crippen LogP contribution >= 0.6 is 12.6 Å². The molecule has 12 heteroatoms. The van der Waals surface area contributed by atoms with Crippen LogP contribution in [0.25, 0.3) is 0 Å². The lowest BCUT2D eigenvalue weighted by atomic mass is 10.2. The Labute approximate surface area is 180 Å². The summed E-state index contributed by atoms with van der Waals surface area (Å²) in [6, 6.07) is 12.8. The average Bonchev–Trinajstić information content (AvgIpc) is 2.73. The molecule has 0 radical (unpaired) electrons. The van der Waals surface area contributed by atoms with Gasteiger partial charge in [-0.2, -0.15) is 25.8 Å². The van der Waals surface area contributed by atoms with Crippen molar-refractivity contribution in [3.05, 3.63) is 54.1 Å². The number of esters is 1. The van der Waals surface area contributed by atoms with Gasteiger partial charge in [0.2, 0.25) is 5.91 Å². The maximum atomic E-state index is 11.7. The summed E-state index contributed by atoms with van der Waals surface area (Å²) in [5.74, 6) is -2.15. The lowest BCUT2D eigenvalue weighted by Crippen LogP contribution is -2.37. The highest BCUT2D eigenvalue weighted by atomic mass is 32.1. The lowest BCUT2D eigenvalue weighted by molar-refractivity contribution is -0.192. The topological polar surface area (TPSA) is 128 Å². The molecule has 0 fully saturated rings. The van der Waals surface area contributed by atoms with Crippen LogP contribution in [0.1, 0.15) is 10.4 Å². The van der Waals surface area contributed by atoms with E-state index in [1.165, 1.54) is 7.11 Å². The molecule has 0 spiro atoms. The van der Waals surface area contributed by atoms with E-state index in [1.807, 2.05) is 0 Å². The van der Waals surface area contributed by atoms with E-state index < -0.39 is 24.2 Å². The first kappa shape index (κ1) is 25.8. The number of ether oxygens (including phenoxy) is 2. The van der Waals surface area contributed by atoms with Gasteiger partial charge in [-0.05, 0) is 42.5 Å². The zero-order chi connectivity index (χ0) is 23.6. The van der Waals surface area contributed by atoms with E-state index in [9.17, 15) is 22.8 Å². The molecule has 0 unspecified atom stereocenters. The second-order valence-corrected chi connectivity index (χ2v) is 6.09. The molecule has 168 valence electrons. The number of rotatable bonds is 6. The van der Waals surface area contributed by atoms with Crippen molar-refractivity contribution in [1.82, 2.24) is 0 Å². The highest BCUT2D eigenvalue weighted by Gasteiger charge is 2.38. The quantitative estimate of drug-likeness (QED) is 0.385. The Morgan fingerprint density at radius 3 is 2.19 bits per heavy atom. The Balaban J connectivity index is 0.000000592. The molecule has 0 heterocycles. The van der Waals surface area contributed by atoms with Crippen molar-refractivity contribution in [2.24, 2.45) is 5.73 Å². The zero-order valence-corrected chi connectivity index (χ0v) is 16.9. The summed E-state index contributed by atoms with van der Waals surface area (Å²) in [6.45, 7) is 0. The Kier molecular flexibility index (Phi) is 9.83. The summed E-state index contributed by atoms with van der Waals surface area (Å²) >= 11 is 3.98. The van der Waals surface area contributed by atoms with Gasteiger partial charge in [0.15, 0.2) is 0 Å². The number of nitrogens with one attached hydrogen (secondary N) is 1. The van der Waals surface area contributed by atoms with Crippen molar-refractivity contribution in [2.75, 3.05) is 18.2 Å². The number of alkyl halides is 3. The number of thiol groups is 1. The molecule has 0 aromatic heterocycles. The van der Waals surface area contributed by atoms with Gasteiger partial charge in [0.25, 0.3) is 0 Å². The number of methoxy groups -OCH3 is 1. The number of amides is 1. The SMILES string of the molecule is COC(=O)c1cccc(Oc2ccc(NC(=O)[C@@H](N)CS)cc2)c1.O=C(O)C(F)(F)F. The summed E-state index contributed by atoms with van der Waals surface area (Å²) < 4.78 is 42.1. The van der Waals surface area contributed by atoms with Gasteiger partial charge in [0.1, 0.15) is 11.5 Å². The number of anilines is 1. The number of aliphatic carboxylic acids is 1. The van der Waals surface area contributed by atoms with Crippen molar-refractivity contribution in [3.8, 4) is 11.5 Å². The third kappa shape index (κ3) is 8.97. The molecular formula is C19H19F3N2O6S. The van der Waals surface area contributed by atoms with Crippen LogP contribution in [-0.2, 0) is 14.3 Å². The van der Waals surface area contributed by atoms with Gasteiger partial charge in [-0.1, -0.05) is 6.07 Å². The van der Waals surface area contributed by atoms with E-state index in [0.717, 1.165) is 0 Å². The van der Waals surface area contributed by atoms with Gasteiger partial charge in [-0.25, -0.2) is 9.59 Å². The van der Waals surface area contributed by atoms with Gasteiger partial charge >= 0.3 is 18.1 Å². The molecule has 2 aromatic carbocycles. The minimum Gasteiger partial charge on any atom is -0.475 e. The van der Waals surface area contributed by atoms with Crippen LogP contribution in [0.2, 0.25) is 0 Å². The number of hydrogen-bond donors (Lipinski definition) is 4. The van der Waals surface area contributed by atoms with E-state index in [0.29, 0.717) is 22.7 Å². The van der Waals surface area contributed by atoms with Crippen molar-refractivity contribution in [2.45, 2.75) is 12.2 Å². The molecule has 0 aliphatic heterocycles. The van der Waals surface area contributed by atoms with Crippen LogP contribution < -0.4 is 15.8 Å². The molecule has 0 aliphatic rings. The van der Waals surface area contributed by atoms with Gasteiger partial charge in [0, 0.05) is 11.4 Å². The third-order valence-corrected chi connectivity index (χ3v) is 3.78. The fourth-order valence-corrected chi connectivity index (χ4v) is 2.03. The number of benzene rings is 2. The van der Waals surface area contributed by atoms with Crippen LogP contribution in [0.15, 0.2) is 48.5 Å². The summed E-state index contributed by atoms with van der Waals surface area (Å²) in [4.78, 5) is 32.1. The highest BCUT2D eigenvalue weighted by Crippen LogP contribution is 2.24. The van der Waals surface area contributed by atoms with Gasteiger partial charge in [-0.15, -0.1) is 0 Å². The molecule has 1 amide bonds. The Hall–Kier alpha value is -3.25. The van der Waals surface area contributed by atoms with Crippen LogP contribution in [0, 0.1) is 0 Å². The molecule has 0 saturated carbocycles. The molecule has 1 atom stereocenters. The largest absolute Gasteiger partial charge is 0.490 e. The van der Waals surface area contributed by atoms with Crippen molar-refractivity contribution >= 4 is 36.2 Å². The highest BCUT2D eigenvalue weighted by molar-refractivity contribution is 7.80. The fourth-order valence-electron chi connectivity index (χ4n) is 1.86. The first-order valence-electron chi connectivity index (χ1n) is 8.41. The molecular weight excluding hydrogens is 441 g/mol. The summed E-state index contributed by atoms with van der Waals surface area (Å²) in [7, 11) is 1.32. The van der Waals surface area contributed by atoms with Gasteiger partial charge in [0.05, 0.1) is 18.7 Å². The summed E-state index contributed by atoms with van der Waals surface area (Å²) in [5, 5.41) is 9.81. The summed E-state index contributed by atoms with van der Waals surface area (Å²) in [5.41, 5.74) is 6.60. The second kappa shape index (κ2) is 11.8. The van der Waals surface area contributed by atoms with E-state index in [4.69, 9.17) is 20.4 Å². The van der Waals surface area contributed by atoms with Crippen molar-refractivity contribution < 1.29 is 42.1 Å². The molecule has 31 heavy (non-hydrogen) atoms. The number of nitrogens with two attached hydrogens (primary N) is 1. The fraction of sp³-hybridized carbons (Fsp3) is 0.211. The number of halogens is 3. The van der Waals surface area contributed by atoms with E-state index in [-0.39, 0.29) is 11.7 Å². The molecule has 2 rings (SSSR count). The minimum absolute atomic E-state index is 0.267. The molecule has 2 aromatic rings. The summed E-state index contributed by atoms with van der Waals surface area (Å²) in [6.07, 6.45) is -5.08. The number of hydrogen-bond acceptors (Lipinski definition) is 7. The van der Waals surface area contributed by atoms with E-state index in [1.54, 1.807) is 48.5 Å². The van der Waals surface area contributed by atoms with E-state index in [2.05, 4.69) is 22.7 Å². The third-order valence-electron chi connectivity index (χ3n) is 3.39. The maximum Gasteiger partial charge on any atom is 0.490 e. The molecule has 4 N–H and O–H groups in total. The van der Waals surface area contributed by atoms with Gasteiger partial charge < -0.3 is 25.6 Å². The number of carboxylic acids is 1. The predicted octanol–water partition coefficient (Wildman–Crippen LogP) is 3.09. The van der Waals surface area contributed by atoms with Crippen LogP contribution in [0.4, 0.5) is 18.9 Å². The maximum absolute atomic E-state index is 11.7. The van der Waals surface area contributed by atoms with E-state index >= 15 is 0 Å². The Morgan fingerprint density at radius 2 is 1.71 bits per heavy atom. The standard InChI is InChI=1S/C17H18N2O4S.C2HF3O2/c1-22-17(21)11-3-2-4-14(9-11)23-13-7-5-12(6-8-13)19-16(20)15(18)10-24;3-2(4,5)1(6)7/h2-9,15,24H,10,18H2,1H3,(H,19,20);(H,6,7)/t15-;/m0./s1. The monoisotopic (exact) mass is 460 g/mol. The number of carbonyl (C=O) groups is 3. The number of carbonyl (C=O) groups excluding carboxylic acids is 2. The van der Waals surface area contributed by atoms with Gasteiger partial charge in [-0.3, -0.25) is 4.79 Å². The predicted molar refractivity (Wildman–Crippen MR) is 108 cm³/mol. The van der Waals surface area contributed by atoms with Crippen molar-refractivity contribution in [3.63, 3.8) is 0 Å². The van der Waals surface area contributed by atoms with Crippen molar-refractivity contribution in [1.29, 1.82) is 0 Å². The normalized spacial score (nSPS) is 11.4. The minimum atomic E-state index is -5.08. The first-order valence-corrected chi connectivity index (χ1v) is 9.05. The van der Waals surface area contributed by atoms with Crippen LogP contribution in [0.5, 0.6) is 11.5 Å². The second-order valence-electron chi connectivity index (χ2n) is 5.73. The molecule has 0 saturated heterocycles. The number of carboxylic acid groups (broad SMARTS) is 1. The van der Waals surface area contributed by atoms with Crippen LogP contribution in [-0.4, -0.2) is 48.0 Å². The zero-order valence-electron chi connectivity index (χ0n) is 16.1. The lowest BCUT2D eigenvalue weighted by Gasteiger charge is -2.11. The Morgan fingerprint density at radius 1 is 1.13 bits per heavy atom. The molecule has 0 aliphatic carbocycles. The average molecular weight is 460 g/mol.